The summed E-state index contributed by atoms with van der Waals surface area (Å²) in [6.45, 7) is 2.75. The molecule has 0 N–H and O–H groups in total. The van der Waals surface area contributed by atoms with E-state index < -0.39 is 0 Å². The Morgan fingerprint density at radius 1 is 1.17 bits per heavy atom. The number of para-hydroxylation sites is 1. The largest absolute Gasteiger partial charge is 0.339 e. The minimum Gasteiger partial charge on any atom is -0.339 e. The van der Waals surface area contributed by atoms with Crippen molar-refractivity contribution >= 4 is 34.2 Å². The van der Waals surface area contributed by atoms with Gasteiger partial charge >= 0.3 is 0 Å². The molecule has 2 aliphatic rings. The maximum Gasteiger partial charge on any atom is 0.236 e. The van der Waals surface area contributed by atoms with Gasteiger partial charge in [0.15, 0.2) is 10.8 Å². The number of hydrogen-bond donors (Lipinski definition) is 0. The van der Waals surface area contributed by atoms with E-state index in [9.17, 15) is 4.79 Å². The molecule has 1 atom stereocenters. The van der Waals surface area contributed by atoms with Gasteiger partial charge in [0.2, 0.25) is 5.91 Å². The molecule has 1 amide bonds. The number of nitrogens with zero attached hydrogens (tertiary/aromatic N) is 5. The second kappa shape index (κ2) is 5.17. The van der Waals surface area contributed by atoms with E-state index in [4.69, 9.17) is 4.98 Å². The Morgan fingerprint density at radius 3 is 2.83 bits per heavy atom. The van der Waals surface area contributed by atoms with Crippen LogP contribution < -0.4 is 0 Å². The van der Waals surface area contributed by atoms with Gasteiger partial charge in [-0.3, -0.25) is 4.79 Å². The smallest absolute Gasteiger partial charge is 0.236 e. The first-order valence-electron chi connectivity index (χ1n) is 8.30. The van der Waals surface area contributed by atoms with Crippen LogP contribution in [-0.4, -0.2) is 48.2 Å². The molecule has 3 aromatic rings. The zero-order valence-electron chi connectivity index (χ0n) is 13.3. The van der Waals surface area contributed by atoms with Gasteiger partial charge in [-0.25, -0.2) is 9.97 Å². The lowest BCUT2D eigenvalue weighted by molar-refractivity contribution is -0.127. The number of likely N-dealkylation sites (tertiary alicyclic amines) is 1. The first-order valence-corrected chi connectivity index (χ1v) is 9.18. The maximum absolute atomic E-state index is 12.6. The third-order valence-electron chi connectivity index (χ3n) is 4.68. The van der Waals surface area contributed by atoms with Crippen molar-refractivity contribution in [3.63, 3.8) is 0 Å². The van der Waals surface area contributed by atoms with E-state index in [0.717, 1.165) is 47.5 Å². The molecule has 2 aromatic heterocycles. The van der Waals surface area contributed by atoms with Crippen LogP contribution >= 0.6 is 11.8 Å². The van der Waals surface area contributed by atoms with Crippen molar-refractivity contribution in [1.82, 2.24) is 24.5 Å². The number of rotatable bonds is 3. The number of thioether (sulfide) groups is 1. The van der Waals surface area contributed by atoms with Gasteiger partial charge in [0, 0.05) is 18.0 Å². The Labute approximate surface area is 143 Å². The number of amides is 1. The van der Waals surface area contributed by atoms with Gasteiger partial charge in [-0.15, -0.1) is 5.10 Å². The minimum atomic E-state index is -0.0630. The first kappa shape index (κ1) is 14.2. The predicted molar refractivity (Wildman–Crippen MR) is 92.0 cm³/mol. The number of carbonyl (C=O) groups is 1. The molecule has 6 nitrogen and oxygen atoms in total. The molecule has 1 saturated carbocycles. The normalized spacial score (nSPS) is 21.3. The molecule has 122 valence electrons. The molecule has 1 aliphatic carbocycles. The number of aromatic nitrogens is 4. The summed E-state index contributed by atoms with van der Waals surface area (Å²) in [5.74, 6) is 0.967. The van der Waals surface area contributed by atoms with E-state index in [-0.39, 0.29) is 11.2 Å². The molecule has 2 fully saturated rings. The number of aryl methyl sites for hydroxylation is 1. The fourth-order valence-electron chi connectivity index (χ4n) is 3.37. The summed E-state index contributed by atoms with van der Waals surface area (Å²) in [4.78, 5) is 24.0. The van der Waals surface area contributed by atoms with Crippen molar-refractivity contribution < 1.29 is 4.79 Å². The van der Waals surface area contributed by atoms with Crippen LogP contribution in [0.3, 0.4) is 0 Å². The molecule has 1 aliphatic heterocycles. The van der Waals surface area contributed by atoms with Crippen LogP contribution in [0, 0.1) is 6.92 Å². The van der Waals surface area contributed by atoms with E-state index in [1.807, 2.05) is 36.1 Å². The number of fused-ring (bicyclic) bond motifs is 3. The predicted octanol–water partition coefficient (Wildman–Crippen LogP) is 2.44. The van der Waals surface area contributed by atoms with Crippen molar-refractivity contribution in [2.45, 2.75) is 42.6 Å². The third-order valence-corrected chi connectivity index (χ3v) is 5.88. The zero-order chi connectivity index (χ0) is 16.3. The minimum absolute atomic E-state index is 0.0630. The monoisotopic (exact) mass is 339 g/mol. The quantitative estimate of drug-likeness (QED) is 0.686. The highest BCUT2D eigenvalue weighted by atomic mass is 32.2. The van der Waals surface area contributed by atoms with Gasteiger partial charge in [0.05, 0.1) is 10.8 Å². The lowest BCUT2D eigenvalue weighted by atomic mass is 10.2. The van der Waals surface area contributed by atoms with E-state index in [2.05, 4.69) is 10.1 Å². The summed E-state index contributed by atoms with van der Waals surface area (Å²) in [6, 6.07) is 8.43. The van der Waals surface area contributed by atoms with Crippen molar-refractivity contribution in [2.24, 2.45) is 0 Å². The van der Waals surface area contributed by atoms with Crippen molar-refractivity contribution in [3.05, 3.63) is 30.1 Å². The van der Waals surface area contributed by atoms with Crippen LogP contribution in [0.5, 0.6) is 0 Å². The number of benzene rings is 1. The van der Waals surface area contributed by atoms with E-state index in [1.165, 1.54) is 11.8 Å². The zero-order valence-corrected chi connectivity index (χ0v) is 14.2. The molecule has 0 radical (unpaired) electrons. The topological polar surface area (TPSA) is 63.4 Å². The first-order chi connectivity index (χ1) is 11.7. The van der Waals surface area contributed by atoms with Crippen molar-refractivity contribution in [1.29, 1.82) is 0 Å². The standard InChI is InChI=1S/C17H17N5OS/c1-10-18-15-12-4-2-3-5-13(12)19-17(22(15)20-10)24-14-8-9-21(16(14)23)11-6-7-11/h2-5,11,14H,6-9H2,1H3. The molecule has 24 heavy (non-hydrogen) atoms. The Hall–Kier alpha value is -2.15. The summed E-state index contributed by atoms with van der Waals surface area (Å²) >= 11 is 1.52. The molecular weight excluding hydrogens is 322 g/mol. The van der Waals surface area contributed by atoms with E-state index in [0.29, 0.717) is 11.9 Å². The Morgan fingerprint density at radius 2 is 2.00 bits per heavy atom. The van der Waals surface area contributed by atoms with Gasteiger partial charge in [-0.1, -0.05) is 23.9 Å². The maximum atomic E-state index is 12.6. The van der Waals surface area contributed by atoms with Crippen LogP contribution in [0.2, 0.25) is 0 Å². The fourth-order valence-corrected chi connectivity index (χ4v) is 4.46. The van der Waals surface area contributed by atoms with Gasteiger partial charge < -0.3 is 4.90 Å². The summed E-state index contributed by atoms with van der Waals surface area (Å²) in [7, 11) is 0. The van der Waals surface area contributed by atoms with Crippen LogP contribution in [0.15, 0.2) is 29.4 Å². The Bertz CT molecular complexity index is 964. The van der Waals surface area contributed by atoms with E-state index in [1.54, 1.807) is 4.52 Å². The Kier molecular flexibility index (Phi) is 3.06. The van der Waals surface area contributed by atoms with Crippen LogP contribution in [0.25, 0.3) is 16.6 Å². The summed E-state index contributed by atoms with van der Waals surface area (Å²) < 4.78 is 1.79. The van der Waals surface area contributed by atoms with E-state index >= 15 is 0 Å². The average Bonchev–Trinajstić information content (AvgIpc) is 3.25. The second-order valence-electron chi connectivity index (χ2n) is 6.46. The van der Waals surface area contributed by atoms with Gasteiger partial charge in [-0.2, -0.15) is 4.52 Å². The molecule has 0 bridgehead atoms. The van der Waals surface area contributed by atoms with Gasteiger partial charge in [-0.05, 0) is 38.3 Å². The summed E-state index contributed by atoms with van der Waals surface area (Å²) in [5.41, 5.74) is 1.70. The molecule has 5 rings (SSSR count). The summed E-state index contributed by atoms with van der Waals surface area (Å²) in [5, 5.41) is 6.17. The van der Waals surface area contributed by atoms with Gasteiger partial charge in [0.25, 0.3) is 0 Å². The van der Waals surface area contributed by atoms with Crippen LogP contribution in [0.1, 0.15) is 25.1 Å². The van der Waals surface area contributed by atoms with Gasteiger partial charge in [0.1, 0.15) is 5.82 Å². The average molecular weight is 339 g/mol. The Balaban J connectivity index is 1.57. The highest BCUT2D eigenvalue weighted by molar-refractivity contribution is 8.00. The molecule has 1 unspecified atom stereocenters. The van der Waals surface area contributed by atoms with Crippen LogP contribution in [0.4, 0.5) is 0 Å². The SMILES string of the molecule is Cc1nc2c3ccccc3nc(SC3CCN(C4CC4)C3=O)n2n1. The highest BCUT2D eigenvalue weighted by Crippen LogP contribution is 2.36. The summed E-state index contributed by atoms with van der Waals surface area (Å²) in [6.07, 6.45) is 3.19. The lowest BCUT2D eigenvalue weighted by Crippen LogP contribution is -2.30. The molecule has 7 heteroatoms. The molecule has 1 aromatic carbocycles. The second-order valence-corrected chi connectivity index (χ2v) is 7.63. The molecule has 3 heterocycles. The number of carbonyl (C=O) groups excluding carboxylic acids is 1. The molecule has 1 saturated heterocycles. The number of hydrogen-bond acceptors (Lipinski definition) is 5. The lowest BCUT2D eigenvalue weighted by Gasteiger charge is -2.15. The fraction of sp³-hybridized carbons (Fsp3) is 0.412. The van der Waals surface area contributed by atoms with Crippen molar-refractivity contribution in [2.75, 3.05) is 6.54 Å². The highest BCUT2D eigenvalue weighted by Gasteiger charge is 2.41. The third kappa shape index (κ3) is 2.18. The molecule has 0 spiro atoms. The van der Waals surface area contributed by atoms with Crippen molar-refractivity contribution in [3.8, 4) is 0 Å². The van der Waals surface area contributed by atoms with Crippen LogP contribution in [-0.2, 0) is 4.79 Å². The molecular formula is C17H17N5OS.